The highest BCUT2D eigenvalue weighted by Crippen LogP contribution is 2.29. The van der Waals surface area contributed by atoms with E-state index in [0.29, 0.717) is 12.0 Å². The van der Waals surface area contributed by atoms with Crippen molar-refractivity contribution in [3.8, 4) is 0 Å². The normalized spacial score (nSPS) is 21.4. The molecule has 4 heteroatoms. The van der Waals surface area contributed by atoms with Crippen molar-refractivity contribution in [3.05, 3.63) is 17.8 Å². The van der Waals surface area contributed by atoms with Gasteiger partial charge in [-0.25, -0.2) is 4.98 Å². The molecule has 2 unspecified atom stereocenters. The minimum absolute atomic E-state index is 0.344. The smallest absolute Gasteiger partial charge is 0.149 e. The molecule has 0 radical (unpaired) electrons. The molecule has 0 spiro atoms. The number of ether oxygens (including phenoxy) is 1. The minimum Gasteiger partial charge on any atom is -0.396 e. The van der Waals surface area contributed by atoms with E-state index in [1.165, 1.54) is 5.56 Å². The van der Waals surface area contributed by atoms with Crippen molar-refractivity contribution in [2.75, 3.05) is 24.3 Å². The topological polar surface area (TPSA) is 60.2 Å². The summed E-state index contributed by atoms with van der Waals surface area (Å²) < 4.78 is 5.34. The molecule has 1 fully saturated rings. The maximum absolute atomic E-state index is 6.17. The fraction of sp³-hybridized carbons (Fsp3) is 0.615. The highest BCUT2D eigenvalue weighted by atomic mass is 16.5. The first-order chi connectivity index (χ1) is 8.22. The van der Waals surface area contributed by atoms with E-state index in [1.807, 2.05) is 12.3 Å². The number of nitrogen functional groups attached to an aromatic ring is 1. The third kappa shape index (κ3) is 2.69. The number of nitrogens with zero attached hydrogens (tertiary/aromatic N) is 1. The van der Waals surface area contributed by atoms with Crippen LogP contribution in [0.25, 0.3) is 0 Å². The lowest BCUT2D eigenvalue weighted by molar-refractivity contribution is 0.195. The van der Waals surface area contributed by atoms with E-state index in [2.05, 4.69) is 24.1 Å². The van der Waals surface area contributed by atoms with Crippen LogP contribution in [0.5, 0.6) is 0 Å². The maximum atomic E-state index is 6.17. The molecule has 1 aliphatic rings. The first-order valence-corrected chi connectivity index (χ1v) is 6.31. The van der Waals surface area contributed by atoms with Crippen molar-refractivity contribution >= 4 is 11.5 Å². The highest BCUT2D eigenvalue weighted by Gasteiger charge is 2.18. The van der Waals surface area contributed by atoms with Gasteiger partial charge in [0, 0.05) is 12.8 Å². The third-order valence-electron chi connectivity index (χ3n) is 3.44. The lowest BCUT2D eigenvalue weighted by Crippen LogP contribution is -2.21. The summed E-state index contributed by atoms with van der Waals surface area (Å²) >= 11 is 0. The van der Waals surface area contributed by atoms with Crippen molar-refractivity contribution in [2.45, 2.75) is 38.6 Å². The summed E-state index contributed by atoms with van der Waals surface area (Å²) in [6, 6.07) is 2.36. The Morgan fingerprint density at radius 1 is 1.65 bits per heavy atom. The SMILES string of the molecule is CCC(C)c1ccnc(NC2CCOC2)c1N. The van der Waals surface area contributed by atoms with Gasteiger partial charge in [0.2, 0.25) is 0 Å². The number of nitrogens with one attached hydrogen (secondary N) is 1. The molecule has 1 aromatic rings. The van der Waals surface area contributed by atoms with E-state index in [9.17, 15) is 0 Å². The number of rotatable bonds is 4. The van der Waals surface area contributed by atoms with Crippen LogP contribution in [0.15, 0.2) is 12.3 Å². The van der Waals surface area contributed by atoms with Gasteiger partial charge in [0.05, 0.1) is 18.3 Å². The van der Waals surface area contributed by atoms with Crippen LogP contribution in [-0.4, -0.2) is 24.2 Å². The van der Waals surface area contributed by atoms with Gasteiger partial charge in [-0.3, -0.25) is 0 Å². The maximum Gasteiger partial charge on any atom is 0.149 e. The van der Waals surface area contributed by atoms with Crippen LogP contribution in [0.2, 0.25) is 0 Å². The second-order valence-corrected chi connectivity index (χ2v) is 4.68. The molecule has 4 nitrogen and oxygen atoms in total. The predicted molar refractivity (Wildman–Crippen MR) is 70.2 cm³/mol. The molecular formula is C13H21N3O. The molecule has 1 saturated heterocycles. The number of pyridine rings is 1. The van der Waals surface area contributed by atoms with Crippen molar-refractivity contribution < 1.29 is 4.74 Å². The number of hydrogen-bond donors (Lipinski definition) is 2. The zero-order valence-electron chi connectivity index (χ0n) is 10.6. The second kappa shape index (κ2) is 5.36. The molecule has 3 N–H and O–H groups in total. The van der Waals surface area contributed by atoms with Crippen LogP contribution in [0.3, 0.4) is 0 Å². The van der Waals surface area contributed by atoms with Gasteiger partial charge < -0.3 is 15.8 Å². The molecule has 1 aromatic heterocycles. The van der Waals surface area contributed by atoms with Crippen molar-refractivity contribution in [2.24, 2.45) is 0 Å². The average Bonchev–Trinajstić information content (AvgIpc) is 2.84. The molecule has 2 atom stereocenters. The van der Waals surface area contributed by atoms with Gasteiger partial charge in [0.1, 0.15) is 5.82 Å². The number of nitrogens with two attached hydrogens (primary N) is 1. The van der Waals surface area contributed by atoms with Crippen molar-refractivity contribution in [1.82, 2.24) is 4.98 Å². The van der Waals surface area contributed by atoms with Crippen LogP contribution < -0.4 is 11.1 Å². The summed E-state index contributed by atoms with van der Waals surface area (Å²) in [6.45, 7) is 5.92. The standard InChI is InChI=1S/C13H21N3O/c1-3-9(2)11-4-6-15-13(12(11)14)16-10-5-7-17-8-10/h4,6,9-10H,3,5,7-8,14H2,1-2H3,(H,15,16). The Morgan fingerprint density at radius 2 is 2.47 bits per heavy atom. The van der Waals surface area contributed by atoms with Gasteiger partial charge in [0.15, 0.2) is 0 Å². The Kier molecular flexibility index (Phi) is 3.84. The minimum atomic E-state index is 0.344. The molecule has 94 valence electrons. The van der Waals surface area contributed by atoms with E-state index < -0.39 is 0 Å². The molecule has 0 bridgehead atoms. The number of hydrogen-bond acceptors (Lipinski definition) is 4. The summed E-state index contributed by atoms with van der Waals surface area (Å²) in [5, 5.41) is 3.37. The van der Waals surface area contributed by atoms with Crippen LogP contribution in [0.4, 0.5) is 11.5 Å². The Hall–Kier alpha value is -1.29. The van der Waals surface area contributed by atoms with E-state index in [0.717, 1.165) is 37.6 Å². The van der Waals surface area contributed by atoms with Crippen molar-refractivity contribution in [1.29, 1.82) is 0 Å². The highest BCUT2D eigenvalue weighted by molar-refractivity contribution is 5.66. The molecule has 2 rings (SSSR count). The van der Waals surface area contributed by atoms with Gasteiger partial charge in [-0.05, 0) is 30.4 Å². The van der Waals surface area contributed by atoms with Gasteiger partial charge >= 0.3 is 0 Å². The third-order valence-corrected chi connectivity index (χ3v) is 3.44. The van der Waals surface area contributed by atoms with Crippen LogP contribution in [0.1, 0.15) is 38.2 Å². The summed E-state index contributed by atoms with van der Waals surface area (Å²) in [4.78, 5) is 4.33. The van der Waals surface area contributed by atoms with E-state index in [-0.39, 0.29) is 0 Å². The summed E-state index contributed by atoms with van der Waals surface area (Å²) in [5.41, 5.74) is 8.14. The van der Waals surface area contributed by atoms with Gasteiger partial charge in [0.25, 0.3) is 0 Å². The predicted octanol–water partition coefficient (Wildman–Crippen LogP) is 2.38. The van der Waals surface area contributed by atoms with E-state index >= 15 is 0 Å². The first kappa shape index (κ1) is 12.2. The van der Waals surface area contributed by atoms with Gasteiger partial charge in [-0.15, -0.1) is 0 Å². The number of aromatic nitrogens is 1. The zero-order chi connectivity index (χ0) is 12.3. The average molecular weight is 235 g/mol. The second-order valence-electron chi connectivity index (χ2n) is 4.68. The Morgan fingerprint density at radius 3 is 3.12 bits per heavy atom. The molecule has 0 aromatic carbocycles. The number of anilines is 2. The van der Waals surface area contributed by atoms with E-state index in [1.54, 1.807) is 0 Å². The molecule has 0 amide bonds. The monoisotopic (exact) mass is 235 g/mol. The summed E-state index contributed by atoms with van der Waals surface area (Å²) in [6.07, 6.45) is 3.94. The molecule has 2 heterocycles. The fourth-order valence-corrected chi connectivity index (χ4v) is 2.09. The Bertz CT molecular complexity index is 375. The Labute approximate surface area is 103 Å². The lowest BCUT2D eigenvalue weighted by Gasteiger charge is -2.17. The first-order valence-electron chi connectivity index (χ1n) is 6.31. The van der Waals surface area contributed by atoms with Gasteiger partial charge in [-0.2, -0.15) is 0 Å². The summed E-state index contributed by atoms with van der Waals surface area (Å²) in [5.74, 6) is 1.27. The lowest BCUT2D eigenvalue weighted by atomic mass is 9.98. The molecular weight excluding hydrogens is 214 g/mol. The van der Waals surface area contributed by atoms with Gasteiger partial charge in [-0.1, -0.05) is 13.8 Å². The molecule has 0 aliphatic carbocycles. The molecule has 1 aliphatic heterocycles. The molecule has 0 saturated carbocycles. The van der Waals surface area contributed by atoms with Crippen molar-refractivity contribution in [3.63, 3.8) is 0 Å². The van der Waals surface area contributed by atoms with Crippen LogP contribution in [-0.2, 0) is 4.74 Å². The fourth-order valence-electron chi connectivity index (χ4n) is 2.09. The van der Waals surface area contributed by atoms with Crippen LogP contribution >= 0.6 is 0 Å². The molecule has 17 heavy (non-hydrogen) atoms. The zero-order valence-corrected chi connectivity index (χ0v) is 10.6. The largest absolute Gasteiger partial charge is 0.396 e. The summed E-state index contributed by atoms with van der Waals surface area (Å²) in [7, 11) is 0. The quantitative estimate of drug-likeness (QED) is 0.841. The van der Waals surface area contributed by atoms with Crippen LogP contribution in [0, 0.1) is 0 Å². The Balaban J connectivity index is 2.16. The van der Waals surface area contributed by atoms with E-state index in [4.69, 9.17) is 10.5 Å².